The van der Waals surface area contributed by atoms with Gasteiger partial charge in [0.25, 0.3) is 15.9 Å². The normalized spacial score (nSPS) is 19.7. The zero-order chi connectivity index (χ0) is 22.6. The van der Waals surface area contributed by atoms with E-state index in [9.17, 15) is 17.6 Å². The molecule has 168 valence electrons. The van der Waals surface area contributed by atoms with Crippen LogP contribution in [0.5, 0.6) is 0 Å². The van der Waals surface area contributed by atoms with E-state index in [1.807, 2.05) is 13.8 Å². The number of nitrogens with zero attached hydrogens (tertiary/aromatic N) is 1. The van der Waals surface area contributed by atoms with E-state index >= 15 is 0 Å². The largest absolute Gasteiger partial charge is 0.373 e. The number of aryl methyl sites for hydroxylation is 1. The predicted molar refractivity (Wildman–Crippen MR) is 117 cm³/mol. The monoisotopic (exact) mass is 449 g/mol. The number of amides is 1. The molecule has 0 spiro atoms. The van der Waals surface area contributed by atoms with Crippen molar-refractivity contribution in [1.82, 2.24) is 10.2 Å². The smallest absolute Gasteiger partial charge is 0.261 e. The third-order valence-corrected chi connectivity index (χ3v) is 6.42. The maximum absolute atomic E-state index is 13.8. The van der Waals surface area contributed by atoms with E-state index < -0.39 is 15.8 Å². The van der Waals surface area contributed by atoms with Crippen molar-refractivity contribution in [3.63, 3.8) is 0 Å². The van der Waals surface area contributed by atoms with Crippen LogP contribution in [0, 0.1) is 12.7 Å². The summed E-state index contributed by atoms with van der Waals surface area (Å²) < 4.78 is 47.0. The van der Waals surface area contributed by atoms with Crippen LogP contribution < -0.4 is 10.0 Å². The van der Waals surface area contributed by atoms with Gasteiger partial charge in [-0.05, 0) is 56.7 Å². The lowest BCUT2D eigenvalue weighted by molar-refractivity contribution is -0.0672. The second-order valence-corrected chi connectivity index (χ2v) is 9.55. The van der Waals surface area contributed by atoms with Crippen molar-refractivity contribution in [3.8, 4) is 0 Å². The van der Waals surface area contributed by atoms with Gasteiger partial charge >= 0.3 is 0 Å². The maximum Gasteiger partial charge on any atom is 0.261 e. The molecule has 3 rings (SSSR count). The van der Waals surface area contributed by atoms with Gasteiger partial charge < -0.3 is 10.1 Å². The Hall–Kier alpha value is -2.49. The SMILES string of the molecule is Cc1ccc(S(=O)(=O)Nc2cccc(C(=O)NCCN3CC(C)OC(C)C3)c2)cc1F. The fourth-order valence-corrected chi connectivity index (χ4v) is 4.64. The average molecular weight is 450 g/mol. The van der Waals surface area contributed by atoms with E-state index in [1.165, 1.54) is 24.3 Å². The lowest BCUT2D eigenvalue weighted by Crippen LogP contribution is -2.47. The van der Waals surface area contributed by atoms with Crippen LogP contribution in [0.2, 0.25) is 0 Å². The van der Waals surface area contributed by atoms with Crippen LogP contribution in [0.1, 0.15) is 29.8 Å². The number of halogens is 1. The molecule has 1 aliphatic rings. The minimum Gasteiger partial charge on any atom is -0.373 e. The van der Waals surface area contributed by atoms with E-state index in [2.05, 4.69) is 14.9 Å². The first kappa shape index (κ1) is 23.2. The first-order valence-corrected chi connectivity index (χ1v) is 11.7. The highest BCUT2D eigenvalue weighted by molar-refractivity contribution is 7.92. The highest BCUT2D eigenvalue weighted by Crippen LogP contribution is 2.19. The van der Waals surface area contributed by atoms with Gasteiger partial charge in [0.2, 0.25) is 0 Å². The Morgan fingerprint density at radius 1 is 1.16 bits per heavy atom. The van der Waals surface area contributed by atoms with Crippen LogP contribution >= 0.6 is 0 Å². The summed E-state index contributed by atoms with van der Waals surface area (Å²) in [6, 6.07) is 9.91. The third kappa shape index (κ3) is 6.25. The number of nitrogens with one attached hydrogen (secondary N) is 2. The van der Waals surface area contributed by atoms with Crippen molar-refractivity contribution < 1.29 is 22.3 Å². The molecule has 2 atom stereocenters. The summed E-state index contributed by atoms with van der Waals surface area (Å²) in [6.45, 7) is 8.42. The molecule has 0 radical (unpaired) electrons. The standard InChI is InChI=1S/C22H28FN3O4S/c1-15-7-8-20(12-21(15)23)31(28,29)25-19-6-4-5-18(11-19)22(27)24-9-10-26-13-16(2)30-17(3)14-26/h4-8,11-12,16-17,25H,9-10,13-14H2,1-3H3,(H,24,27). The molecular weight excluding hydrogens is 421 g/mol. The van der Waals surface area contributed by atoms with Crippen molar-refractivity contribution in [2.45, 2.75) is 37.9 Å². The van der Waals surface area contributed by atoms with Crippen molar-refractivity contribution in [2.24, 2.45) is 0 Å². The minimum atomic E-state index is -3.98. The predicted octanol–water partition coefficient (Wildman–Crippen LogP) is 2.77. The Balaban J connectivity index is 1.60. The number of ether oxygens (including phenoxy) is 1. The lowest BCUT2D eigenvalue weighted by Gasteiger charge is -2.35. The summed E-state index contributed by atoms with van der Waals surface area (Å²) in [7, 11) is -3.98. The summed E-state index contributed by atoms with van der Waals surface area (Å²) in [5.41, 5.74) is 0.919. The van der Waals surface area contributed by atoms with Crippen LogP contribution in [0.4, 0.5) is 10.1 Å². The van der Waals surface area contributed by atoms with Crippen LogP contribution in [0.25, 0.3) is 0 Å². The van der Waals surface area contributed by atoms with Gasteiger partial charge in [-0.3, -0.25) is 14.4 Å². The van der Waals surface area contributed by atoms with E-state index in [0.717, 1.165) is 19.2 Å². The van der Waals surface area contributed by atoms with Crippen molar-refractivity contribution in [2.75, 3.05) is 30.9 Å². The summed E-state index contributed by atoms with van der Waals surface area (Å²) in [5, 5.41) is 2.86. The van der Waals surface area contributed by atoms with Crippen LogP contribution in [0.3, 0.4) is 0 Å². The number of anilines is 1. The molecular formula is C22H28FN3O4S. The Kier molecular flexibility index (Phi) is 7.30. The highest BCUT2D eigenvalue weighted by Gasteiger charge is 2.22. The molecule has 2 unspecified atom stereocenters. The average Bonchev–Trinajstić information content (AvgIpc) is 2.69. The van der Waals surface area contributed by atoms with E-state index in [4.69, 9.17) is 4.74 Å². The first-order valence-electron chi connectivity index (χ1n) is 10.2. The number of benzene rings is 2. The maximum atomic E-state index is 13.8. The van der Waals surface area contributed by atoms with Gasteiger partial charge in [0.1, 0.15) is 5.82 Å². The number of hydrogen-bond acceptors (Lipinski definition) is 5. The summed E-state index contributed by atoms with van der Waals surface area (Å²) in [4.78, 5) is 14.6. The molecule has 2 aromatic carbocycles. The van der Waals surface area contributed by atoms with Gasteiger partial charge in [-0.1, -0.05) is 12.1 Å². The highest BCUT2D eigenvalue weighted by atomic mass is 32.2. The molecule has 0 saturated carbocycles. The molecule has 0 aliphatic carbocycles. The van der Waals surface area contributed by atoms with Crippen LogP contribution in [-0.2, 0) is 14.8 Å². The van der Waals surface area contributed by atoms with E-state index in [-0.39, 0.29) is 28.7 Å². The molecule has 1 amide bonds. The Morgan fingerprint density at radius 2 is 1.87 bits per heavy atom. The van der Waals surface area contributed by atoms with Gasteiger partial charge in [0.15, 0.2) is 0 Å². The van der Waals surface area contributed by atoms with Gasteiger partial charge in [-0.15, -0.1) is 0 Å². The Labute approximate surface area is 182 Å². The molecule has 7 nitrogen and oxygen atoms in total. The molecule has 0 bridgehead atoms. The Bertz CT molecular complexity index is 1030. The number of sulfonamides is 1. The minimum absolute atomic E-state index is 0.158. The summed E-state index contributed by atoms with van der Waals surface area (Å²) >= 11 is 0. The number of carbonyl (C=O) groups is 1. The second kappa shape index (κ2) is 9.76. The molecule has 1 saturated heterocycles. The van der Waals surface area contributed by atoms with Crippen LogP contribution in [-0.4, -0.2) is 57.6 Å². The van der Waals surface area contributed by atoms with Gasteiger partial charge in [0, 0.05) is 37.4 Å². The molecule has 2 N–H and O–H groups in total. The number of hydrogen-bond donors (Lipinski definition) is 2. The topological polar surface area (TPSA) is 87.7 Å². The molecule has 9 heteroatoms. The second-order valence-electron chi connectivity index (χ2n) is 7.87. The fourth-order valence-electron chi connectivity index (χ4n) is 3.58. The van der Waals surface area contributed by atoms with Crippen LogP contribution in [0.15, 0.2) is 47.4 Å². The van der Waals surface area contributed by atoms with Gasteiger partial charge in [-0.25, -0.2) is 12.8 Å². The number of rotatable bonds is 7. The lowest BCUT2D eigenvalue weighted by atomic mass is 10.2. The molecule has 2 aromatic rings. The summed E-state index contributed by atoms with van der Waals surface area (Å²) in [5.74, 6) is -0.892. The molecule has 1 heterocycles. The van der Waals surface area contributed by atoms with Gasteiger partial charge in [-0.2, -0.15) is 0 Å². The van der Waals surface area contributed by atoms with Crippen molar-refractivity contribution >= 4 is 21.6 Å². The molecule has 0 aromatic heterocycles. The number of carbonyl (C=O) groups excluding carboxylic acids is 1. The fraction of sp³-hybridized carbons (Fsp3) is 0.409. The Morgan fingerprint density at radius 3 is 2.55 bits per heavy atom. The quantitative estimate of drug-likeness (QED) is 0.679. The van der Waals surface area contributed by atoms with E-state index in [0.29, 0.717) is 24.2 Å². The zero-order valence-electron chi connectivity index (χ0n) is 17.9. The summed E-state index contributed by atoms with van der Waals surface area (Å²) in [6.07, 6.45) is 0.317. The van der Waals surface area contributed by atoms with Gasteiger partial charge in [0.05, 0.1) is 17.1 Å². The first-order chi connectivity index (χ1) is 14.6. The molecule has 31 heavy (non-hydrogen) atoms. The van der Waals surface area contributed by atoms with Crippen molar-refractivity contribution in [1.29, 1.82) is 0 Å². The third-order valence-electron chi connectivity index (χ3n) is 5.04. The van der Waals surface area contributed by atoms with Crippen molar-refractivity contribution in [3.05, 3.63) is 59.4 Å². The molecule has 1 fully saturated rings. The molecule has 1 aliphatic heterocycles. The van der Waals surface area contributed by atoms with E-state index in [1.54, 1.807) is 19.1 Å². The number of morpholine rings is 1. The zero-order valence-corrected chi connectivity index (χ0v) is 18.7.